The second kappa shape index (κ2) is 6.37. The minimum Gasteiger partial charge on any atom is -0.481 e. The normalized spacial score (nSPS) is 10.7. The number of aryl methyl sites for hydroxylation is 1. The molecule has 0 unspecified atom stereocenters. The summed E-state index contributed by atoms with van der Waals surface area (Å²) >= 11 is 0. The van der Waals surface area contributed by atoms with Crippen molar-refractivity contribution in [3.8, 4) is 11.3 Å². The highest BCUT2D eigenvalue weighted by atomic mass is 19.1. The van der Waals surface area contributed by atoms with Gasteiger partial charge in [-0.25, -0.2) is 4.39 Å². The molecule has 0 amide bonds. The Bertz CT molecular complexity index is 587. The van der Waals surface area contributed by atoms with E-state index in [9.17, 15) is 9.18 Å². The van der Waals surface area contributed by atoms with Crippen LogP contribution in [-0.4, -0.2) is 15.6 Å². The van der Waals surface area contributed by atoms with Crippen LogP contribution >= 0.6 is 0 Å². The number of aromatic nitrogens is 1. The molecule has 0 radical (unpaired) electrons. The Labute approximate surface area is 117 Å². The number of rotatable bonds is 6. The van der Waals surface area contributed by atoms with Crippen LogP contribution in [0, 0.1) is 12.7 Å². The molecule has 0 atom stereocenters. The lowest BCUT2D eigenvalue weighted by atomic mass is 10.1. The number of hydrogen-bond donors (Lipinski definition) is 1. The summed E-state index contributed by atoms with van der Waals surface area (Å²) in [6.07, 6.45) is 1.68. The van der Waals surface area contributed by atoms with Crippen LogP contribution in [0.4, 0.5) is 4.39 Å². The molecule has 0 saturated heterocycles. The zero-order valence-electron chi connectivity index (χ0n) is 11.5. The third kappa shape index (κ3) is 3.47. The molecule has 106 valence electrons. The van der Waals surface area contributed by atoms with Crippen LogP contribution in [0.2, 0.25) is 0 Å². The number of hydrogen-bond acceptors (Lipinski definition) is 1. The minimum absolute atomic E-state index is 0.201. The maximum atomic E-state index is 13.0. The Hall–Kier alpha value is -2.10. The summed E-state index contributed by atoms with van der Waals surface area (Å²) in [6, 6.07) is 10.5. The van der Waals surface area contributed by atoms with Crippen molar-refractivity contribution in [2.45, 2.75) is 32.7 Å². The standard InChI is InChI=1S/C16H18FNO2/c1-12-5-10-15(13-6-8-14(17)9-7-13)18(12)11-3-2-4-16(19)20/h5-10H,2-4,11H2,1H3,(H,19,20). The van der Waals surface area contributed by atoms with Crippen molar-refractivity contribution >= 4 is 5.97 Å². The monoisotopic (exact) mass is 275 g/mol. The number of benzene rings is 1. The number of nitrogens with zero attached hydrogens (tertiary/aromatic N) is 1. The quantitative estimate of drug-likeness (QED) is 0.813. The minimum atomic E-state index is -0.756. The molecule has 0 aliphatic carbocycles. The van der Waals surface area contributed by atoms with E-state index in [4.69, 9.17) is 5.11 Å². The second-order valence-corrected chi connectivity index (χ2v) is 4.87. The van der Waals surface area contributed by atoms with Gasteiger partial charge in [-0.15, -0.1) is 0 Å². The fourth-order valence-electron chi connectivity index (χ4n) is 2.29. The molecule has 0 saturated carbocycles. The summed E-state index contributed by atoms with van der Waals surface area (Å²) in [5.74, 6) is -1.00. The van der Waals surface area contributed by atoms with Crippen LogP contribution in [0.15, 0.2) is 36.4 Å². The molecule has 0 bridgehead atoms. The van der Waals surface area contributed by atoms with Crippen LogP contribution < -0.4 is 0 Å². The molecule has 1 heterocycles. The molecule has 20 heavy (non-hydrogen) atoms. The van der Waals surface area contributed by atoms with Crippen LogP contribution in [0.5, 0.6) is 0 Å². The maximum absolute atomic E-state index is 13.0. The van der Waals surface area contributed by atoms with Gasteiger partial charge in [0.25, 0.3) is 0 Å². The molecule has 3 nitrogen and oxygen atoms in total. The van der Waals surface area contributed by atoms with Crippen LogP contribution in [0.25, 0.3) is 11.3 Å². The highest BCUT2D eigenvalue weighted by Gasteiger charge is 2.07. The van der Waals surface area contributed by atoms with Crippen LogP contribution in [0.3, 0.4) is 0 Å². The van der Waals surface area contributed by atoms with Crippen molar-refractivity contribution in [3.05, 3.63) is 47.9 Å². The van der Waals surface area contributed by atoms with Gasteiger partial charge in [0.2, 0.25) is 0 Å². The zero-order valence-corrected chi connectivity index (χ0v) is 11.5. The first-order valence-corrected chi connectivity index (χ1v) is 6.72. The highest BCUT2D eigenvalue weighted by Crippen LogP contribution is 2.23. The molecular formula is C16H18FNO2. The number of unbranched alkanes of at least 4 members (excludes halogenated alkanes) is 1. The van der Waals surface area contributed by atoms with Crippen molar-refractivity contribution in [3.63, 3.8) is 0 Å². The van der Waals surface area contributed by atoms with Gasteiger partial charge in [0.1, 0.15) is 5.82 Å². The second-order valence-electron chi connectivity index (χ2n) is 4.87. The summed E-state index contributed by atoms with van der Waals surface area (Å²) in [6.45, 7) is 2.79. The average Bonchev–Trinajstić information content (AvgIpc) is 2.77. The Morgan fingerprint density at radius 3 is 2.50 bits per heavy atom. The molecule has 1 aromatic carbocycles. The van der Waals surface area contributed by atoms with Crippen molar-refractivity contribution in [2.75, 3.05) is 0 Å². The molecule has 1 N–H and O–H groups in total. The van der Waals surface area contributed by atoms with E-state index >= 15 is 0 Å². The summed E-state index contributed by atoms with van der Waals surface area (Å²) in [5, 5.41) is 8.64. The summed E-state index contributed by atoms with van der Waals surface area (Å²) in [5.41, 5.74) is 3.13. The van der Waals surface area contributed by atoms with Gasteiger partial charge < -0.3 is 9.67 Å². The highest BCUT2D eigenvalue weighted by molar-refractivity contribution is 5.66. The number of carboxylic acid groups (broad SMARTS) is 1. The Balaban J connectivity index is 2.11. The van der Waals surface area contributed by atoms with Gasteiger partial charge in [0.15, 0.2) is 0 Å². The van der Waals surface area contributed by atoms with Crippen LogP contribution in [-0.2, 0) is 11.3 Å². The van der Waals surface area contributed by atoms with Gasteiger partial charge in [0.05, 0.1) is 0 Å². The molecule has 1 aromatic heterocycles. The van der Waals surface area contributed by atoms with Gasteiger partial charge in [-0.3, -0.25) is 4.79 Å². The first-order valence-electron chi connectivity index (χ1n) is 6.72. The maximum Gasteiger partial charge on any atom is 0.303 e. The zero-order chi connectivity index (χ0) is 14.5. The van der Waals surface area contributed by atoms with Crippen molar-refractivity contribution in [2.24, 2.45) is 0 Å². The van der Waals surface area contributed by atoms with Crippen molar-refractivity contribution in [1.29, 1.82) is 0 Å². The van der Waals surface area contributed by atoms with Crippen molar-refractivity contribution < 1.29 is 14.3 Å². The predicted molar refractivity (Wildman–Crippen MR) is 76.0 cm³/mol. The predicted octanol–water partition coefficient (Wildman–Crippen LogP) is 3.86. The average molecular weight is 275 g/mol. The summed E-state index contributed by atoms with van der Waals surface area (Å²) in [4.78, 5) is 10.5. The number of aliphatic carboxylic acids is 1. The Kier molecular flexibility index (Phi) is 4.56. The number of carboxylic acids is 1. The molecule has 2 rings (SSSR count). The lowest BCUT2D eigenvalue weighted by Gasteiger charge is -2.11. The van der Waals surface area contributed by atoms with E-state index in [2.05, 4.69) is 4.57 Å². The lowest BCUT2D eigenvalue weighted by Crippen LogP contribution is -2.03. The summed E-state index contributed by atoms with van der Waals surface area (Å²) in [7, 11) is 0. The van der Waals surface area contributed by atoms with Gasteiger partial charge in [0, 0.05) is 24.4 Å². The lowest BCUT2D eigenvalue weighted by molar-refractivity contribution is -0.137. The van der Waals surface area contributed by atoms with Gasteiger partial charge in [-0.05, 0) is 61.7 Å². The molecule has 4 heteroatoms. The molecule has 0 fully saturated rings. The van der Waals surface area contributed by atoms with Gasteiger partial charge >= 0.3 is 5.97 Å². The first-order chi connectivity index (χ1) is 9.58. The molecule has 0 aliphatic heterocycles. The Morgan fingerprint density at radius 2 is 1.85 bits per heavy atom. The number of carbonyl (C=O) groups is 1. The summed E-state index contributed by atoms with van der Waals surface area (Å²) < 4.78 is 15.1. The van der Waals surface area contributed by atoms with E-state index < -0.39 is 5.97 Å². The van der Waals surface area contributed by atoms with Gasteiger partial charge in [-0.1, -0.05) is 0 Å². The van der Waals surface area contributed by atoms with Gasteiger partial charge in [-0.2, -0.15) is 0 Å². The fourth-order valence-corrected chi connectivity index (χ4v) is 2.29. The van der Waals surface area contributed by atoms with E-state index in [0.717, 1.165) is 29.9 Å². The number of halogens is 1. The fraction of sp³-hybridized carbons (Fsp3) is 0.312. The van der Waals surface area contributed by atoms with Crippen molar-refractivity contribution in [1.82, 2.24) is 4.57 Å². The molecular weight excluding hydrogens is 257 g/mol. The van der Waals surface area contributed by atoms with E-state index in [1.54, 1.807) is 12.1 Å². The third-order valence-electron chi connectivity index (χ3n) is 3.36. The smallest absolute Gasteiger partial charge is 0.303 e. The third-order valence-corrected chi connectivity index (χ3v) is 3.36. The van der Waals surface area contributed by atoms with E-state index in [1.165, 1.54) is 12.1 Å². The molecule has 0 spiro atoms. The first kappa shape index (κ1) is 14.3. The topological polar surface area (TPSA) is 42.2 Å². The largest absolute Gasteiger partial charge is 0.481 e. The van der Waals surface area contributed by atoms with E-state index in [-0.39, 0.29) is 12.2 Å². The Morgan fingerprint density at radius 1 is 1.15 bits per heavy atom. The molecule has 2 aromatic rings. The van der Waals surface area contributed by atoms with E-state index in [1.807, 2.05) is 19.1 Å². The van der Waals surface area contributed by atoms with E-state index in [0.29, 0.717) is 6.42 Å². The molecule has 0 aliphatic rings. The SMILES string of the molecule is Cc1ccc(-c2ccc(F)cc2)n1CCCCC(=O)O. The van der Waals surface area contributed by atoms with Crippen LogP contribution in [0.1, 0.15) is 25.0 Å².